The van der Waals surface area contributed by atoms with Crippen molar-refractivity contribution in [3.05, 3.63) is 0 Å². The summed E-state index contributed by atoms with van der Waals surface area (Å²) in [5.41, 5.74) is 0. The smallest absolute Gasteiger partial charge is 0.323 e. The summed E-state index contributed by atoms with van der Waals surface area (Å²) >= 11 is 0. The first-order valence-electron chi connectivity index (χ1n) is 4.75. The molecule has 0 bridgehead atoms. The van der Waals surface area contributed by atoms with Crippen molar-refractivity contribution in [1.82, 2.24) is 9.80 Å². The van der Waals surface area contributed by atoms with Crippen LogP contribution in [0.4, 0.5) is 0 Å². The number of carbonyl (C=O) groups excluding carboxylic acids is 2. The van der Waals surface area contributed by atoms with Gasteiger partial charge in [0.2, 0.25) is 0 Å². The number of nitrogens with zero attached hydrogens (tertiary/aromatic N) is 2. The first-order chi connectivity index (χ1) is 6.93. The van der Waals surface area contributed by atoms with Gasteiger partial charge >= 0.3 is 17.8 Å². The van der Waals surface area contributed by atoms with Gasteiger partial charge in [-0.25, -0.2) is 0 Å². The normalized spacial score (nSPS) is 17.5. The molecule has 1 fully saturated rings. The fourth-order valence-corrected chi connectivity index (χ4v) is 1.50. The Morgan fingerprint density at radius 1 is 1.33 bits per heavy atom. The largest absolute Gasteiger partial charge is 0.480 e. The lowest BCUT2D eigenvalue weighted by atomic mass is 10.2. The summed E-state index contributed by atoms with van der Waals surface area (Å²) in [5.74, 6) is -2.44. The third-order valence-corrected chi connectivity index (χ3v) is 2.29. The maximum atomic E-state index is 11.5. The van der Waals surface area contributed by atoms with Crippen LogP contribution < -0.4 is 0 Å². The first kappa shape index (κ1) is 11.5. The Kier molecular flexibility index (Phi) is 3.28. The zero-order valence-corrected chi connectivity index (χ0v) is 8.77. The van der Waals surface area contributed by atoms with E-state index >= 15 is 0 Å². The molecule has 2 amide bonds. The van der Waals surface area contributed by atoms with Gasteiger partial charge in [-0.05, 0) is 13.8 Å². The second-order valence-corrected chi connectivity index (χ2v) is 3.71. The number of rotatable bonds is 3. The van der Waals surface area contributed by atoms with Crippen molar-refractivity contribution in [2.75, 3.05) is 19.6 Å². The van der Waals surface area contributed by atoms with E-state index in [1.54, 1.807) is 0 Å². The molecule has 0 aromatic heterocycles. The van der Waals surface area contributed by atoms with E-state index in [-0.39, 0.29) is 12.6 Å². The van der Waals surface area contributed by atoms with E-state index in [0.717, 1.165) is 4.90 Å². The summed E-state index contributed by atoms with van der Waals surface area (Å²) in [5, 5.41) is 8.53. The number of amides is 2. The van der Waals surface area contributed by atoms with Crippen LogP contribution in [-0.4, -0.2) is 58.4 Å². The van der Waals surface area contributed by atoms with E-state index < -0.39 is 24.3 Å². The fourth-order valence-electron chi connectivity index (χ4n) is 1.50. The molecule has 15 heavy (non-hydrogen) atoms. The van der Waals surface area contributed by atoms with Crippen LogP contribution in [0.1, 0.15) is 13.8 Å². The van der Waals surface area contributed by atoms with Gasteiger partial charge in [0.25, 0.3) is 0 Å². The number of hydrogen-bond donors (Lipinski definition) is 1. The topological polar surface area (TPSA) is 77.9 Å². The second-order valence-electron chi connectivity index (χ2n) is 3.71. The van der Waals surface area contributed by atoms with Gasteiger partial charge in [-0.15, -0.1) is 0 Å². The molecule has 84 valence electrons. The molecule has 0 aliphatic carbocycles. The Labute approximate surface area is 87.5 Å². The third-order valence-electron chi connectivity index (χ3n) is 2.29. The van der Waals surface area contributed by atoms with Crippen LogP contribution >= 0.6 is 0 Å². The van der Waals surface area contributed by atoms with Crippen LogP contribution in [-0.2, 0) is 14.4 Å². The molecular formula is C9H14N2O4. The van der Waals surface area contributed by atoms with Gasteiger partial charge in [0.1, 0.15) is 6.54 Å². The number of carboxylic acid groups (broad SMARTS) is 1. The summed E-state index contributed by atoms with van der Waals surface area (Å²) in [7, 11) is 0. The average molecular weight is 214 g/mol. The zero-order valence-electron chi connectivity index (χ0n) is 8.77. The van der Waals surface area contributed by atoms with Crippen molar-refractivity contribution in [2.45, 2.75) is 19.9 Å². The van der Waals surface area contributed by atoms with Crippen molar-refractivity contribution >= 4 is 17.8 Å². The van der Waals surface area contributed by atoms with Gasteiger partial charge < -0.3 is 14.9 Å². The highest BCUT2D eigenvalue weighted by atomic mass is 16.4. The minimum Gasteiger partial charge on any atom is -0.480 e. The number of aliphatic carboxylic acids is 1. The summed E-state index contributed by atoms with van der Waals surface area (Å²) in [6.07, 6.45) is 0. The van der Waals surface area contributed by atoms with Crippen LogP contribution in [0.5, 0.6) is 0 Å². The lowest BCUT2D eigenvalue weighted by molar-refractivity contribution is -0.159. The summed E-state index contributed by atoms with van der Waals surface area (Å²) in [4.78, 5) is 35.9. The summed E-state index contributed by atoms with van der Waals surface area (Å²) in [6, 6.07) is -0.0339. The van der Waals surface area contributed by atoms with E-state index in [0.29, 0.717) is 6.54 Å². The highest BCUT2D eigenvalue weighted by Gasteiger charge is 2.34. The van der Waals surface area contributed by atoms with E-state index in [4.69, 9.17) is 5.11 Å². The molecule has 0 radical (unpaired) electrons. The quantitative estimate of drug-likeness (QED) is 0.621. The lowest BCUT2D eigenvalue weighted by Gasteiger charge is -2.35. The number of carbonyl (C=O) groups is 3. The van der Waals surface area contributed by atoms with Crippen molar-refractivity contribution in [3.63, 3.8) is 0 Å². The van der Waals surface area contributed by atoms with Gasteiger partial charge in [-0.3, -0.25) is 14.4 Å². The number of carboxylic acids is 1. The maximum absolute atomic E-state index is 11.5. The Morgan fingerprint density at radius 2 is 1.93 bits per heavy atom. The Hall–Kier alpha value is -1.59. The molecule has 0 aromatic rings. The molecule has 1 rings (SSSR count). The molecule has 6 nitrogen and oxygen atoms in total. The zero-order chi connectivity index (χ0) is 11.6. The van der Waals surface area contributed by atoms with Crippen LogP contribution in [0.3, 0.4) is 0 Å². The molecule has 0 spiro atoms. The maximum Gasteiger partial charge on any atom is 0.323 e. The minimum atomic E-state index is -1.10. The Morgan fingerprint density at radius 3 is 2.40 bits per heavy atom. The van der Waals surface area contributed by atoms with Crippen molar-refractivity contribution < 1.29 is 19.5 Å². The van der Waals surface area contributed by atoms with Gasteiger partial charge in [-0.1, -0.05) is 0 Å². The molecule has 0 aromatic carbocycles. The second kappa shape index (κ2) is 4.29. The number of piperazine rings is 1. The Bertz CT molecular complexity index is 300. The molecule has 0 saturated carbocycles. The average Bonchev–Trinajstić information content (AvgIpc) is 2.12. The van der Waals surface area contributed by atoms with E-state index in [2.05, 4.69) is 0 Å². The van der Waals surface area contributed by atoms with Crippen molar-refractivity contribution in [3.8, 4) is 0 Å². The SMILES string of the molecule is CC(C)N1CCN(CC(=O)O)C(=O)C1=O. The van der Waals surface area contributed by atoms with Crippen molar-refractivity contribution in [2.24, 2.45) is 0 Å². The first-order valence-corrected chi connectivity index (χ1v) is 4.75. The molecule has 1 aliphatic heterocycles. The molecule has 1 saturated heterocycles. The van der Waals surface area contributed by atoms with Gasteiger partial charge in [0, 0.05) is 19.1 Å². The van der Waals surface area contributed by atoms with Gasteiger partial charge in [0.15, 0.2) is 0 Å². The fraction of sp³-hybridized carbons (Fsp3) is 0.667. The van der Waals surface area contributed by atoms with Crippen LogP contribution in [0.15, 0.2) is 0 Å². The summed E-state index contributed by atoms with van der Waals surface area (Å²) < 4.78 is 0. The predicted octanol–water partition coefficient (Wildman–Crippen LogP) is -0.850. The lowest BCUT2D eigenvalue weighted by Crippen LogP contribution is -2.57. The molecule has 6 heteroatoms. The molecule has 0 unspecified atom stereocenters. The van der Waals surface area contributed by atoms with E-state index in [1.807, 2.05) is 13.8 Å². The minimum absolute atomic E-state index is 0.0339. The Balaban J connectivity index is 2.69. The van der Waals surface area contributed by atoms with Crippen LogP contribution in [0.2, 0.25) is 0 Å². The monoisotopic (exact) mass is 214 g/mol. The van der Waals surface area contributed by atoms with E-state index in [1.165, 1.54) is 4.90 Å². The predicted molar refractivity (Wildman–Crippen MR) is 51.1 cm³/mol. The summed E-state index contributed by atoms with van der Waals surface area (Å²) in [6.45, 7) is 3.91. The van der Waals surface area contributed by atoms with E-state index in [9.17, 15) is 14.4 Å². The van der Waals surface area contributed by atoms with Crippen LogP contribution in [0, 0.1) is 0 Å². The van der Waals surface area contributed by atoms with Gasteiger partial charge in [0.05, 0.1) is 0 Å². The highest BCUT2D eigenvalue weighted by Crippen LogP contribution is 2.08. The highest BCUT2D eigenvalue weighted by molar-refractivity contribution is 6.35. The van der Waals surface area contributed by atoms with Gasteiger partial charge in [-0.2, -0.15) is 0 Å². The molecule has 1 heterocycles. The third kappa shape index (κ3) is 2.45. The van der Waals surface area contributed by atoms with Crippen LogP contribution in [0.25, 0.3) is 0 Å². The number of hydrogen-bond acceptors (Lipinski definition) is 3. The van der Waals surface area contributed by atoms with Crippen molar-refractivity contribution in [1.29, 1.82) is 0 Å². The standard InChI is InChI=1S/C9H14N2O4/c1-6(2)11-4-3-10(5-7(12)13)8(14)9(11)15/h6H,3-5H2,1-2H3,(H,12,13). The molecule has 1 aliphatic rings. The molecule has 1 N–H and O–H groups in total. The molecule has 0 atom stereocenters. The molecular weight excluding hydrogens is 200 g/mol.